The standard InChI is InChI=1S/C10H17F2NO/c11-10(12)3-1-8(2-4-10)7-14-9-5-13-6-9/h8-9,13H,1-7H2. The molecular formula is C10H17F2NO. The summed E-state index contributed by atoms with van der Waals surface area (Å²) in [5.74, 6) is -2.05. The molecule has 1 heterocycles. The molecule has 2 fully saturated rings. The van der Waals surface area contributed by atoms with E-state index in [2.05, 4.69) is 5.32 Å². The van der Waals surface area contributed by atoms with Gasteiger partial charge in [-0.2, -0.15) is 0 Å². The van der Waals surface area contributed by atoms with Gasteiger partial charge in [0.25, 0.3) is 0 Å². The van der Waals surface area contributed by atoms with Crippen LogP contribution in [-0.4, -0.2) is 31.7 Å². The maximum Gasteiger partial charge on any atom is 0.248 e. The van der Waals surface area contributed by atoms with Crippen molar-refractivity contribution in [2.75, 3.05) is 19.7 Å². The van der Waals surface area contributed by atoms with Crippen molar-refractivity contribution < 1.29 is 13.5 Å². The van der Waals surface area contributed by atoms with Gasteiger partial charge in [0.05, 0.1) is 6.10 Å². The van der Waals surface area contributed by atoms with Crippen LogP contribution in [0.4, 0.5) is 8.78 Å². The molecular weight excluding hydrogens is 188 g/mol. The smallest absolute Gasteiger partial charge is 0.248 e. The van der Waals surface area contributed by atoms with Crippen LogP contribution in [0, 0.1) is 5.92 Å². The molecule has 0 spiro atoms. The molecule has 0 atom stereocenters. The first-order valence-corrected chi connectivity index (χ1v) is 5.36. The molecule has 1 N–H and O–H groups in total. The van der Waals surface area contributed by atoms with Crippen LogP contribution >= 0.6 is 0 Å². The van der Waals surface area contributed by atoms with Crippen LogP contribution in [0.2, 0.25) is 0 Å². The SMILES string of the molecule is FC1(F)CCC(COC2CNC2)CC1. The molecule has 1 aliphatic carbocycles. The largest absolute Gasteiger partial charge is 0.375 e. The monoisotopic (exact) mass is 205 g/mol. The molecule has 1 saturated carbocycles. The van der Waals surface area contributed by atoms with E-state index in [1.165, 1.54) is 0 Å². The second kappa shape index (κ2) is 4.11. The van der Waals surface area contributed by atoms with E-state index in [0.717, 1.165) is 13.1 Å². The van der Waals surface area contributed by atoms with Gasteiger partial charge in [-0.05, 0) is 18.8 Å². The molecule has 0 bridgehead atoms. The summed E-state index contributed by atoms with van der Waals surface area (Å²) in [5.41, 5.74) is 0. The molecule has 2 aliphatic rings. The fourth-order valence-corrected chi connectivity index (χ4v) is 1.92. The third-order valence-corrected chi connectivity index (χ3v) is 3.15. The van der Waals surface area contributed by atoms with Crippen molar-refractivity contribution in [3.8, 4) is 0 Å². The normalized spacial score (nSPS) is 28.7. The number of nitrogens with one attached hydrogen (secondary N) is 1. The molecule has 4 heteroatoms. The molecule has 2 nitrogen and oxygen atoms in total. The van der Waals surface area contributed by atoms with E-state index in [1.54, 1.807) is 0 Å². The lowest BCUT2D eigenvalue weighted by atomic mass is 9.87. The molecule has 82 valence electrons. The van der Waals surface area contributed by atoms with E-state index >= 15 is 0 Å². The van der Waals surface area contributed by atoms with Gasteiger partial charge in [-0.25, -0.2) is 8.78 Å². The molecule has 0 unspecified atom stereocenters. The van der Waals surface area contributed by atoms with Gasteiger partial charge in [0, 0.05) is 32.5 Å². The Bertz CT molecular complexity index is 185. The quantitative estimate of drug-likeness (QED) is 0.758. The molecule has 0 aromatic rings. The third-order valence-electron chi connectivity index (χ3n) is 3.15. The first-order valence-electron chi connectivity index (χ1n) is 5.36. The summed E-state index contributed by atoms with van der Waals surface area (Å²) in [5, 5.41) is 3.12. The lowest BCUT2D eigenvalue weighted by Crippen LogP contribution is -2.49. The minimum atomic E-state index is -2.41. The van der Waals surface area contributed by atoms with Crippen LogP contribution in [0.15, 0.2) is 0 Å². The average molecular weight is 205 g/mol. The van der Waals surface area contributed by atoms with Crippen LogP contribution in [0.25, 0.3) is 0 Å². The van der Waals surface area contributed by atoms with E-state index in [0.29, 0.717) is 31.5 Å². The number of ether oxygens (including phenoxy) is 1. The second-order valence-corrected chi connectivity index (χ2v) is 4.41. The topological polar surface area (TPSA) is 21.3 Å². The Morgan fingerprint density at radius 1 is 1.21 bits per heavy atom. The summed E-state index contributed by atoms with van der Waals surface area (Å²) in [4.78, 5) is 0. The highest BCUT2D eigenvalue weighted by Crippen LogP contribution is 2.36. The van der Waals surface area contributed by atoms with Crippen LogP contribution in [-0.2, 0) is 4.74 Å². The summed E-state index contributed by atoms with van der Waals surface area (Å²) in [6.45, 7) is 2.51. The zero-order valence-electron chi connectivity index (χ0n) is 8.27. The van der Waals surface area contributed by atoms with Gasteiger partial charge in [0.1, 0.15) is 0 Å². The van der Waals surface area contributed by atoms with Crippen molar-refractivity contribution in [2.24, 2.45) is 5.92 Å². The van der Waals surface area contributed by atoms with Gasteiger partial charge < -0.3 is 10.1 Å². The number of halogens is 2. The zero-order valence-corrected chi connectivity index (χ0v) is 8.27. The highest BCUT2D eigenvalue weighted by molar-refractivity contribution is 4.79. The fourth-order valence-electron chi connectivity index (χ4n) is 1.92. The highest BCUT2D eigenvalue weighted by Gasteiger charge is 2.35. The van der Waals surface area contributed by atoms with Crippen LogP contribution in [0.1, 0.15) is 25.7 Å². The van der Waals surface area contributed by atoms with E-state index in [-0.39, 0.29) is 12.8 Å². The number of hydrogen-bond acceptors (Lipinski definition) is 2. The first-order chi connectivity index (χ1) is 6.66. The first kappa shape index (κ1) is 10.3. The molecule has 1 saturated heterocycles. The second-order valence-electron chi connectivity index (χ2n) is 4.41. The average Bonchev–Trinajstić information content (AvgIpc) is 2.05. The van der Waals surface area contributed by atoms with Gasteiger partial charge in [0.2, 0.25) is 5.92 Å². The van der Waals surface area contributed by atoms with Gasteiger partial charge in [-0.3, -0.25) is 0 Å². The fraction of sp³-hybridized carbons (Fsp3) is 1.00. The molecule has 1 aliphatic heterocycles. The molecule has 14 heavy (non-hydrogen) atoms. The van der Waals surface area contributed by atoms with Crippen LogP contribution < -0.4 is 5.32 Å². The molecule has 0 amide bonds. The predicted molar refractivity (Wildman–Crippen MR) is 49.5 cm³/mol. The highest BCUT2D eigenvalue weighted by atomic mass is 19.3. The predicted octanol–water partition coefficient (Wildman–Crippen LogP) is 1.80. The van der Waals surface area contributed by atoms with Gasteiger partial charge in [0.15, 0.2) is 0 Å². The molecule has 0 radical (unpaired) electrons. The summed E-state index contributed by atoms with van der Waals surface area (Å²) >= 11 is 0. The summed E-state index contributed by atoms with van der Waals surface area (Å²) < 4.78 is 31.2. The molecule has 0 aromatic carbocycles. The van der Waals surface area contributed by atoms with Crippen LogP contribution in [0.3, 0.4) is 0 Å². The summed E-state index contributed by atoms with van der Waals surface area (Å²) in [7, 11) is 0. The Morgan fingerprint density at radius 2 is 1.86 bits per heavy atom. The van der Waals surface area contributed by atoms with Crippen molar-refractivity contribution in [3.63, 3.8) is 0 Å². The Kier molecular flexibility index (Phi) is 3.02. The number of hydrogen-bond donors (Lipinski definition) is 1. The Labute approximate surface area is 83.0 Å². The molecule has 2 rings (SSSR count). The minimum Gasteiger partial charge on any atom is -0.375 e. The maximum atomic E-state index is 12.8. The Hall–Kier alpha value is -0.220. The van der Waals surface area contributed by atoms with Gasteiger partial charge in [-0.15, -0.1) is 0 Å². The maximum absolute atomic E-state index is 12.8. The number of rotatable bonds is 3. The van der Waals surface area contributed by atoms with Crippen molar-refractivity contribution in [1.82, 2.24) is 5.32 Å². The zero-order chi connectivity index (χ0) is 10.0. The van der Waals surface area contributed by atoms with E-state index in [1.807, 2.05) is 0 Å². The summed E-state index contributed by atoms with van der Waals surface area (Å²) in [6, 6.07) is 0. The van der Waals surface area contributed by atoms with E-state index in [9.17, 15) is 8.78 Å². The van der Waals surface area contributed by atoms with Crippen molar-refractivity contribution in [2.45, 2.75) is 37.7 Å². The lowest BCUT2D eigenvalue weighted by Gasteiger charge is -2.32. The lowest BCUT2D eigenvalue weighted by molar-refractivity contribution is -0.0671. The molecule has 0 aromatic heterocycles. The summed E-state index contributed by atoms with van der Waals surface area (Å²) in [6.07, 6.45) is 1.66. The number of alkyl halides is 2. The minimum absolute atomic E-state index is 0.0456. The van der Waals surface area contributed by atoms with Crippen LogP contribution in [0.5, 0.6) is 0 Å². The van der Waals surface area contributed by atoms with Crippen molar-refractivity contribution in [3.05, 3.63) is 0 Å². The Balaban J connectivity index is 1.63. The van der Waals surface area contributed by atoms with Gasteiger partial charge in [-0.1, -0.05) is 0 Å². The van der Waals surface area contributed by atoms with E-state index < -0.39 is 5.92 Å². The van der Waals surface area contributed by atoms with E-state index in [4.69, 9.17) is 4.74 Å². The Morgan fingerprint density at radius 3 is 2.36 bits per heavy atom. The van der Waals surface area contributed by atoms with Gasteiger partial charge >= 0.3 is 0 Å². The van der Waals surface area contributed by atoms with Crippen molar-refractivity contribution >= 4 is 0 Å². The van der Waals surface area contributed by atoms with Crippen molar-refractivity contribution in [1.29, 1.82) is 0 Å². The third kappa shape index (κ3) is 2.64.